The Balaban J connectivity index is 1.84. The molecule has 1 heterocycles. The van der Waals surface area contributed by atoms with Gasteiger partial charge in [0.15, 0.2) is 0 Å². The molecule has 30 heavy (non-hydrogen) atoms. The molecule has 2 aromatic carbocycles. The maximum absolute atomic E-state index is 12.3. The molecule has 0 fully saturated rings. The van der Waals surface area contributed by atoms with E-state index in [2.05, 4.69) is 26.1 Å². The van der Waals surface area contributed by atoms with Gasteiger partial charge in [-0.25, -0.2) is 9.97 Å². The first-order chi connectivity index (χ1) is 14.3. The zero-order valence-corrected chi connectivity index (χ0v) is 17.6. The van der Waals surface area contributed by atoms with Crippen molar-refractivity contribution < 1.29 is 9.72 Å². The van der Waals surface area contributed by atoms with Gasteiger partial charge in [0.05, 0.1) is 25.6 Å². The molecule has 0 saturated carbocycles. The van der Waals surface area contributed by atoms with Gasteiger partial charge in [-0.1, -0.05) is 46.4 Å². The second-order valence-corrected chi connectivity index (χ2v) is 7.29. The number of nitrogens with one attached hydrogen (secondary N) is 3. The van der Waals surface area contributed by atoms with Gasteiger partial charge in [0, 0.05) is 10.7 Å². The molecule has 3 N–H and O–H groups in total. The first-order valence-corrected chi connectivity index (χ1v) is 9.50. The molecule has 13 heteroatoms. The van der Waals surface area contributed by atoms with E-state index in [1.54, 1.807) is 6.07 Å². The molecule has 0 aliphatic carbocycles. The molecule has 1 aromatic heterocycles. The van der Waals surface area contributed by atoms with Gasteiger partial charge in [-0.2, -0.15) is 0 Å². The van der Waals surface area contributed by atoms with Crippen molar-refractivity contribution in [3.8, 4) is 0 Å². The van der Waals surface area contributed by atoms with E-state index < -0.39 is 16.5 Å². The average Bonchev–Trinajstić information content (AvgIpc) is 2.68. The molecule has 0 radical (unpaired) electrons. The number of hydrogen-bond acceptors (Lipinski definition) is 7. The third-order valence-corrected chi connectivity index (χ3v) is 4.94. The lowest BCUT2D eigenvalue weighted by Gasteiger charge is -2.12. The number of benzene rings is 2. The predicted molar refractivity (Wildman–Crippen MR) is 116 cm³/mol. The minimum absolute atomic E-state index is 0.111. The molecule has 0 unspecified atom stereocenters. The van der Waals surface area contributed by atoms with Crippen molar-refractivity contribution in [2.24, 2.45) is 0 Å². The Morgan fingerprint density at radius 2 is 1.67 bits per heavy atom. The third kappa shape index (κ3) is 5.00. The van der Waals surface area contributed by atoms with Crippen LogP contribution in [0.1, 0.15) is 10.4 Å². The maximum atomic E-state index is 12.3. The van der Waals surface area contributed by atoms with Gasteiger partial charge in [-0.3, -0.25) is 25.8 Å². The van der Waals surface area contributed by atoms with Gasteiger partial charge in [0.2, 0.25) is 11.6 Å². The first kappa shape index (κ1) is 21.8. The Bertz CT molecular complexity index is 1140. The Hall–Kier alpha value is -2.85. The van der Waals surface area contributed by atoms with E-state index in [1.165, 1.54) is 30.3 Å². The molecule has 154 valence electrons. The fraction of sp³-hybridized carbons (Fsp3) is 0. The lowest BCUT2D eigenvalue weighted by molar-refractivity contribution is -0.383. The number of rotatable bonds is 6. The summed E-state index contributed by atoms with van der Waals surface area (Å²) in [5, 5.41) is 15.4. The highest BCUT2D eigenvalue weighted by atomic mass is 35.5. The number of hydrazine groups is 1. The number of nitro groups is 1. The maximum Gasteiger partial charge on any atom is 0.355 e. The van der Waals surface area contributed by atoms with Gasteiger partial charge < -0.3 is 5.32 Å². The fourth-order valence-corrected chi connectivity index (χ4v) is 3.09. The lowest BCUT2D eigenvalue weighted by Crippen LogP contribution is -2.30. The van der Waals surface area contributed by atoms with E-state index in [9.17, 15) is 14.9 Å². The van der Waals surface area contributed by atoms with Gasteiger partial charge in [0.1, 0.15) is 6.33 Å². The molecule has 0 aliphatic heterocycles. The molecule has 0 aliphatic rings. The Morgan fingerprint density at radius 3 is 2.33 bits per heavy atom. The van der Waals surface area contributed by atoms with Crippen molar-refractivity contribution in [3.63, 3.8) is 0 Å². The normalized spacial score (nSPS) is 10.4. The number of hydrogen-bond donors (Lipinski definition) is 3. The number of nitrogens with zero attached hydrogens (tertiary/aromatic N) is 3. The summed E-state index contributed by atoms with van der Waals surface area (Å²) in [6.07, 6.45) is 1.08. The summed E-state index contributed by atoms with van der Waals surface area (Å²) in [5.41, 5.74) is 4.72. The van der Waals surface area contributed by atoms with Crippen molar-refractivity contribution in [1.82, 2.24) is 15.4 Å². The molecule has 3 rings (SSSR count). The summed E-state index contributed by atoms with van der Waals surface area (Å²) in [4.78, 5) is 30.9. The quantitative estimate of drug-likeness (QED) is 0.310. The smallest absolute Gasteiger partial charge is 0.334 e. The minimum Gasteiger partial charge on any atom is -0.334 e. The standard InChI is InChI=1S/C17H10Cl4N6O3/c18-8-1-3-10(12(20)5-8)17(28)26-25-16-14(27(29)30)15(22-7-23-16)24-9-2-4-11(19)13(21)6-9/h1-7H,(H,26,28)(H2,22,23,24,25). The number of halogens is 4. The van der Waals surface area contributed by atoms with Crippen LogP contribution in [0.25, 0.3) is 0 Å². The van der Waals surface area contributed by atoms with Gasteiger partial charge >= 0.3 is 5.69 Å². The van der Waals surface area contributed by atoms with Crippen molar-refractivity contribution >= 4 is 75.3 Å². The molecule has 0 saturated heterocycles. The molecule has 0 atom stereocenters. The van der Waals surface area contributed by atoms with E-state index in [0.717, 1.165) is 6.33 Å². The number of anilines is 3. The van der Waals surface area contributed by atoms with Crippen LogP contribution in [-0.2, 0) is 0 Å². The summed E-state index contributed by atoms with van der Waals surface area (Å²) in [6, 6.07) is 8.85. The van der Waals surface area contributed by atoms with Gasteiger partial charge in [-0.15, -0.1) is 0 Å². The Labute approximate surface area is 189 Å². The van der Waals surface area contributed by atoms with Crippen LogP contribution in [0.2, 0.25) is 20.1 Å². The van der Waals surface area contributed by atoms with E-state index >= 15 is 0 Å². The van der Waals surface area contributed by atoms with E-state index in [4.69, 9.17) is 46.4 Å². The van der Waals surface area contributed by atoms with Crippen LogP contribution in [-0.4, -0.2) is 20.8 Å². The highest BCUT2D eigenvalue weighted by molar-refractivity contribution is 6.42. The number of carbonyl (C=O) groups is 1. The highest BCUT2D eigenvalue weighted by Gasteiger charge is 2.24. The van der Waals surface area contributed by atoms with Gasteiger partial charge in [-0.05, 0) is 36.4 Å². The molecule has 3 aromatic rings. The van der Waals surface area contributed by atoms with Crippen LogP contribution < -0.4 is 16.2 Å². The molecule has 0 spiro atoms. The van der Waals surface area contributed by atoms with Crippen LogP contribution in [0.15, 0.2) is 42.7 Å². The van der Waals surface area contributed by atoms with Crippen molar-refractivity contribution in [2.45, 2.75) is 0 Å². The largest absolute Gasteiger partial charge is 0.355 e. The molecule has 0 bridgehead atoms. The van der Waals surface area contributed by atoms with Crippen molar-refractivity contribution in [1.29, 1.82) is 0 Å². The monoisotopic (exact) mass is 486 g/mol. The fourth-order valence-electron chi connectivity index (χ4n) is 2.30. The predicted octanol–water partition coefficient (Wildman–Crippen LogP) is 5.50. The van der Waals surface area contributed by atoms with Crippen LogP contribution in [0, 0.1) is 10.1 Å². The Kier molecular flexibility index (Phi) is 6.78. The molecule has 9 nitrogen and oxygen atoms in total. The molecular formula is C17H10Cl4N6O3. The second-order valence-electron chi connectivity index (χ2n) is 5.63. The molecule has 1 amide bonds. The second kappa shape index (κ2) is 9.31. The highest BCUT2D eigenvalue weighted by Crippen LogP contribution is 2.33. The lowest BCUT2D eigenvalue weighted by atomic mass is 10.2. The number of aromatic nitrogens is 2. The van der Waals surface area contributed by atoms with Crippen molar-refractivity contribution in [2.75, 3.05) is 10.7 Å². The number of carbonyl (C=O) groups excluding carboxylic acids is 1. The van der Waals surface area contributed by atoms with E-state index in [1.807, 2.05) is 0 Å². The zero-order valence-electron chi connectivity index (χ0n) is 14.6. The Morgan fingerprint density at radius 1 is 0.933 bits per heavy atom. The van der Waals surface area contributed by atoms with Crippen LogP contribution >= 0.6 is 46.4 Å². The minimum atomic E-state index is -0.705. The third-order valence-electron chi connectivity index (χ3n) is 3.66. The first-order valence-electron chi connectivity index (χ1n) is 7.99. The average molecular weight is 488 g/mol. The van der Waals surface area contributed by atoms with Crippen LogP contribution in [0.3, 0.4) is 0 Å². The topological polar surface area (TPSA) is 122 Å². The summed E-state index contributed by atoms with van der Waals surface area (Å²) in [7, 11) is 0. The van der Waals surface area contributed by atoms with E-state index in [0.29, 0.717) is 15.7 Å². The SMILES string of the molecule is O=C(NNc1ncnc(Nc2ccc(Cl)c(Cl)c2)c1[N+](=O)[O-])c1ccc(Cl)cc1Cl. The number of amides is 1. The van der Waals surface area contributed by atoms with Crippen molar-refractivity contribution in [3.05, 3.63) is 78.5 Å². The summed E-state index contributed by atoms with van der Waals surface area (Å²) in [6.45, 7) is 0. The summed E-state index contributed by atoms with van der Waals surface area (Å²) in [5.74, 6) is -1.03. The zero-order chi connectivity index (χ0) is 21.8. The summed E-state index contributed by atoms with van der Waals surface area (Å²) >= 11 is 23.6. The van der Waals surface area contributed by atoms with Gasteiger partial charge in [0.25, 0.3) is 5.91 Å². The van der Waals surface area contributed by atoms with Crippen LogP contribution in [0.4, 0.5) is 23.0 Å². The van der Waals surface area contributed by atoms with E-state index in [-0.39, 0.29) is 27.2 Å². The summed E-state index contributed by atoms with van der Waals surface area (Å²) < 4.78 is 0. The van der Waals surface area contributed by atoms with Crippen LogP contribution in [0.5, 0.6) is 0 Å². The molecular weight excluding hydrogens is 478 g/mol.